The Morgan fingerprint density at radius 1 is 1.05 bits per heavy atom. The Morgan fingerprint density at radius 2 is 1.75 bits per heavy atom. The maximum atomic E-state index is 13.0. The average Bonchev–Trinajstić information content (AvgIpc) is 2.48. The highest BCUT2D eigenvalue weighted by atomic mass is 19.1. The molecule has 0 bridgehead atoms. The van der Waals surface area contributed by atoms with Crippen LogP contribution in [0, 0.1) is 5.82 Å². The van der Waals surface area contributed by atoms with Crippen molar-refractivity contribution >= 4 is 0 Å². The molecule has 2 rings (SSSR count). The van der Waals surface area contributed by atoms with Gasteiger partial charge in [0.2, 0.25) is 0 Å². The van der Waals surface area contributed by atoms with E-state index in [4.69, 9.17) is 4.74 Å². The van der Waals surface area contributed by atoms with Gasteiger partial charge in [0, 0.05) is 12.5 Å². The molecule has 0 aliphatic carbocycles. The lowest BCUT2D eigenvalue weighted by atomic mass is 10.0. The van der Waals surface area contributed by atoms with E-state index in [1.165, 1.54) is 12.1 Å². The molecule has 0 fully saturated rings. The molecule has 1 unspecified atom stereocenters. The van der Waals surface area contributed by atoms with Crippen LogP contribution in [-0.2, 0) is 0 Å². The van der Waals surface area contributed by atoms with Crippen molar-refractivity contribution in [3.8, 4) is 5.75 Å². The first kappa shape index (κ1) is 14.5. The van der Waals surface area contributed by atoms with Crippen LogP contribution in [0.5, 0.6) is 5.75 Å². The number of ether oxygens (including phenoxy) is 1. The predicted octanol–water partition coefficient (Wildman–Crippen LogP) is 3.95. The maximum Gasteiger partial charge on any atom is 0.123 e. The summed E-state index contributed by atoms with van der Waals surface area (Å²) in [7, 11) is 0. The van der Waals surface area contributed by atoms with Crippen LogP contribution in [0.1, 0.15) is 24.9 Å². The molecule has 0 saturated heterocycles. The molecule has 106 valence electrons. The smallest absolute Gasteiger partial charge is 0.123 e. The molecule has 0 aliphatic rings. The van der Waals surface area contributed by atoms with Gasteiger partial charge in [-0.25, -0.2) is 4.39 Å². The van der Waals surface area contributed by atoms with E-state index in [1.807, 2.05) is 42.5 Å². The number of rotatable bonds is 7. The van der Waals surface area contributed by atoms with E-state index in [9.17, 15) is 4.39 Å². The Bertz CT molecular complexity index is 498. The third-order valence-corrected chi connectivity index (χ3v) is 3.14. The summed E-state index contributed by atoms with van der Waals surface area (Å²) in [6.45, 7) is 3.56. The van der Waals surface area contributed by atoms with Gasteiger partial charge in [-0.05, 0) is 36.4 Å². The van der Waals surface area contributed by atoms with Crippen LogP contribution in [0.4, 0.5) is 4.39 Å². The second-order valence-electron chi connectivity index (χ2n) is 4.61. The van der Waals surface area contributed by atoms with Gasteiger partial charge in [0.25, 0.3) is 0 Å². The molecule has 0 saturated carbocycles. The van der Waals surface area contributed by atoms with Gasteiger partial charge >= 0.3 is 0 Å². The lowest BCUT2D eigenvalue weighted by Crippen LogP contribution is -2.22. The van der Waals surface area contributed by atoms with Crippen molar-refractivity contribution in [3.63, 3.8) is 0 Å². The Morgan fingerprint density at radius 3 is 2.40 bits per heavy atom. The lowest BCUT2D eigenvalue weighted by molar-refractivity contribution is 0.287. The summed E-state index contributed by atoms with van der Waals surface area (Å²) in [5.41, 5.74) is 1.09. The Hall–Kier alpha value is -1.87. The van der Waals surface area contributed by atoms with Crippen molar-refractivity contribution < 1.29 is 9.13 Å². The van der Waals surface area contributed by atoms with Gasteiger partial charge in [0.05, 0.1) is 6.61 Å². The Balaban J connectivity index is 1.90. The fraction of sp³-hybridized carbons (Fsp3) is 0.294. The molecule has 3 heteroatoms. The second kappa shape index (κ2) is 7.65. The SMILES string of the molecule is CCNC(CCOc1ccccc1)c1ccc(F)cc1. The molecule has 1 N–H and O–H groups in total. The van der Waals surface area contributed by atoms with E-state index in [0.717, 1.165) is 24.3 Å². The molecule has 0 spiro atoms. The summed E-state index contributed by atoms with van der Waals surface area (Å²) in [6.07, 6.45) is 0.842. The third kappa shape index (κ3) is 4.35. The quantitative estimate of drug-likeness (QED) is 0.825. The molecule has 2 nitrogen and oxygen atoms in total. The summed E-state index contributed by atoms with van der Waals surface area (Å²) in [5, 5.41) is 3.40. The maximum absolute atomic E-state index is 13.0. The number of para-hydroxylation sites is 1. The zero-order chi connectivity index (χ0) is 14.2. The average molecular weight is 273 g/mol. The molecule has 0 amide bonds. The molecule has 1 atom stereocenters. The number of hydrogen-bond donors (Lipinski definition) is 1. The van der Waals surface area contributed by atoms with Crippen LogP contribution in [0.15, 0.2) is 54.6 Å². The lowest BCUT2D eigenvalue weighted by Gasteiger charge is -2.18. The van der Waals surface area contributed by atoms with Gasteiger partial charge in [-0.3, -0.25) is 0 Å². The minimum absolute atomic E-state index is 0.185. The topological polar surface area (TPSA) is 21.3 Å². The monoisotopic (exact) mass is 273 g/mol. The minimum Gasteiger partial charge on any atom is -0.494 e. The van der Waals surface area contributed by atoms with Gasteiger partial charge < -0.3 is 10.1 Å². The molecule has 0 aromatic heterocycles. The van der Waals surface area contributed by atoms with E-state index in [-0.39, 0.29) is 11.9 Å². The fourth-order valence-corrected chi connectivity index (χ4v) is 2.14. The second-order valence-corrected chi connectivity index (χ2v) is 4.61. The first-order valence-electron chi connectivity index (χ1n) is 6.96. The summed E-state index contributed by atoms with van der Waals surface area (Å²) in [5.74, 6) is 0.673. The summed E-state index contributed by atoms with van der Waals surface area (Å²) in [4.78, 5) is 0. The predicted molar refractivity (Wildman–Crippen MR) is 79.4 cm³/mol. The van der Waals surface area contributed by atoms with Gasteiger partial charge in [-0.1, -0.05) is 37.3 Å². The summed E-state index contributed by atoms with van der Waals surface area (Å²) >= 11 is 0. The Labute approximate surface area is 119 Å². The van der Waals surface area contributed by atoms with Crippen molar-refractivity contribution in [1.29, 1.82) is 0 Å². The van der Waals surface area contributed by atoms with Crippen LogP contribution in [-0.4, -0.2) is 13.2 Å². The van der Waals surface area contributed by atoms with Crippen molar-refractivity contribution in [2.24, 2.45) is 0 Å². The molecular weight excluding hydrogens is 253 g/mol. The van der Waals surface area contributed by atoms with Crippen molar-refractivity contribution in [2.75, 3.05) is 13.2 Å². The molecule has 0 heterocycles. The zero-order valence-electron chi connectivity index (χ0n) is 11.7. The van der Waals surface area contributed by atoms with Crippen LogP contribution >= 0.6 is 0 Å². The highest BCUT2D eigenvalue weighted by molar-refractivity contribution is 5.22. The molecule has 0 aliphatic heterocycles. The molecule has 0 radical (unpaired) electrons. The largest absolute Gasteiger partial charge is 0.494 e. The van der Waals surface area contributed by atoms with E-state index < -0.39 is 0 Å². The minimum atomic E-state index is -0.204. The van der Waals surface area contributed by atoms with Crippen molar-refractivity contribution in [3.05, 3.63) is 66.0 Å². The first-order valence-corrected chi connectivity index (χ1v) is 6.96. The number of benzene rings is 2. The van der Waals surface area contributed by atoms with E-state index in [2.05, 4.69) is 12.2 Å². The summed E-state index contributed by atoms with van der Waals surface area (Å²) in [6, 6.07) is 16.6. The van der Waals surface area contributed by atoms with E-state index >= 15 is 0 Å². The molecular formula is C17H20FNO. The van der Waals surface area contributed by atoms with E-state index in [1.54, 1.807) is 0 Å². The van der Waals surface area contributed by atoms with Gasteiger partial charge in [0.15, 0.2) is 0 Å². The van der Waals surface area contributed by atoms with Crippen LogP contribution < -0.4 is 10.1 Å². The van der Waals surface area contributed by atoms with Gasteiger partial charge in [-0.2, -0.15) is 0 Å². The van der Waals surface area contributed by atoms with Crippen LogP contribution in [0.25, 0.3) is 0 Å². The highest BCUT2D eigenvalue weighted by Gasteiger charge is 2.10. The molecule has 20 heavy (non-hydrogen) atoms. The number of hydrogen-bond acceptors (Lipinski definition) is 2. The number of halogens is 1. The zero-order valence-corrected chi connectivity index (χ0v) is 11.7. The normalized spacial score (nSPS) is 12.1. The van der Waals surface area contributed by atoms with E-state index in [0.29, 0.717) is 6.61 Å². The molecule has 2 aromatic carbocycles. The van der Waals surface area contributed by atoms with Crippen LogP contribution in [0.3, 0.4) is 0 Å². The fourth-order valence-electron chi connectivity index (χ4n) is 2.14. The summed E-state index contributed by atoms with van der Waals surface area (Å²) < 4.78 is 18.7. The van der Waals surface area contributed by atoms with Gasteiger partial charge in [-0.15, -0.1) is 0 Å². The first-order chi connectivity index (χ1) is 9.79. The van der Waals surface area contributed by atoms with Crippen molar-refractivity contribution in [1.82, 2.24) is 5.32 Å². The number of nitrogens with one attached hydrogen (secondary N) is 1. The Kier molecular flexibility index (Phi) is 5.56. The van der Waals surface area contributed by atoms with Crippen molar-refractivity contribution in [2.45, 2.75) is 19.4 Å². The van der Waals surface area contributed by atoms with Crippen LogP contribution in [0.2, 0.25) is 0 Å². The standard InChI is InChI=1S/C17H20FNO/c1-2-19-17(14-8-10-15(18)11-9-14)12-13-20-16-6-4-3-5-7-16/h3-11,17,19H,2,12-13H2,1H3. The third-order valence-electron chi connectivity index (χ3n) is 3.14. The molecule has 2 aromatic rings. The van der Waals surface area contributed by atoms with Gasteiger partial charge in [0.1, 0.15) is 11.6 Å². The highest BCUT2D eigenvalue weighted by Crippen LogP contribution is 2.18.